The molecule has 0 N–H and O–H groups in total. The lowest BCUT2D eigenvalue weighted by Crippen LogP contribution is -2.22. The Hall–Kier alpha value is -3.34. The molecule has 0 amide bonds. The van der Waals surface area contributed by atoms with Crippen LogP contribution < -0.4 is 10.5 Å². The van der Waals surface area contributed by atoms with E-state index >= 15 is 0 Å². The van der Waals surface area contributed by atoms with Crippen molar-refractivity contribution in [2.45, 2.75) is 18.9 Å². The summed E-state index contributed by atoms with van der Waals surface area (Å²) in [4.78, 5) is 14.2. The first-order chi connectivity index (χ1) is 13.7. The molecule has 5 rings (SSSR count). The zero-order valence-electron chi connectivity index (χ0n) is 15.8. The largest absolute Gasteiger partial charge is 0.364 e. The second kappa shape index (κ2) is 6.68. The van der Waals surface area contributed by atoms with Crippen molar-refractivity contribution in [2.75, 3.05) is 11.4 Å². The van der Waals surface area contributed by atoms with Crippen molar-refractivity contribution in [3.8, 4) is 5.69 Å². The lowest BCUT2D eigenvalue weighted by atomic mass is 10.0. The molecule has 0 saturated carbocycles. The minimum atomic E-state index is -0.0246. The molecule has 0 bridgehead atoms. The van der Waals surface area contributed by atoms with Crippen molar-refractivity contribution < 1.29 is 0 Å². The number of nitrogens with zero attached hydrogens (tertiary/aromatic N) is 4. The molecule has 0 aliphatic carbocycles. The van der Waals surface area contributed by atoms with Gasteiger partial charge in [-0.05, 0) is 42.7 Å². The topological polar surface area (TPSA) is 43.1 Å². The second-order valence-corrected chi connectivity index (χ2v) is 7.40. The van der Waals surface area contributed by atoms with Gasteiger partial charge in [0.25, 0.3) is 0 Å². The molecule has 1 saturated heterocycles. The van der Waals surface area contributed by atoms with Crippen LogP contribution in [0.25, 0.3) is 16.6 Å². The summed E-state index contributed by atoms with van der Waals surface area (Å²) >= 11 is 0. The van der Waals surface area contributed by atoms with Crippen LogP contribution in [0.5, 0.6) is 0 Å². The number of benzene rings is 2. The number of anilines is 1. The summed E-state index contributed by atoms with van der Waals surface area (Å²) in [5.74, 6) is 0. The molecule has 140 valence electrons. The molecule has 28 heavy (non-hydrogen) atoms. The lowest BCUT2D eigenvalue weighted by molar-refractivity contribution is 0.719. The monoisotopic (exact) mass is 370 g/mol. The van der Waals surface area contributed by atoms with Crippen LogP contribution in [0.4, 0.5) is 5.69 Å². The minimum Gasteiger partial charge on any atom is -0.364 e. The minimum absolute atomic E-state index is 0.0246. The van der Waals surface area contributed by atoms with Crippen LogP contribution >= 0.6 is 0 Å². The van der Waals surface area contributed by atoms with Crippen molar-refractivity contribution in [1.82, 2.24) is 14.3 Å². The Balaban J connectivity index is 1.52. The van der Waals surface area contributed by atoms with E-state index in [4.69, 9.17) is 0 Å². The zero-order chi connectivity index (χ0) is 19.1. The third-order valence-corrected chi connectivity index (χ3v) is 5.64. The molecule has 1 aliphatic rings. The van der Waals surface area contributed by atoms with Gasteiger partial charge < -0.3 is 9.47 Å². The molecule has 2 aromatic carbocycles. The maximum Gasteiger partial charge on any atom is 0.250 e. The Morgan fingerprint density at radius 1 is 1.00 bits per heavy atom. The van der Waals surface area contributed by atoms with Gasteiger partial charge in [0.1, 0.15) is 0 Å². The van der Waals surface area contributed by atoms with E-state index in [0.717, 1.165) is 23.1 Å². The van der Waals surface area contributed by atoms with Crippen LogP contribution in [0.3, 0.4) is 0 Å². The first-order valence-electron chi connectivity index (χ1n) is 9.67. The third kappa shape index (κ3) is 2.80. The summed E-state index contributed by atoms with van der Waals surface area (Å²) in [5, 5.41) is 5.67. The van der Waals surface area contributed by atoms with Crippen molar-refractivity contribution in [1.29, 1.82) is 0 Å². The zero-order valence-corrected chi connectivity index (χ0v) is 15.8. The maximum absolute atomic E-state index is 11.7. The molecule has 4 aromatic rings. The van der Waals surface area contributed by atoms with Gasteiger partial charge in [-0.25, -0.2) is 4.68 Å². The van der Waals surface area contributed by atoms with Gasteiger partial charge in [-0.2, -0.15) is 5.10 Å². The fraction of sp³-hybridized carbons (Fsp3) is 0.217. The molecule has 1 aliphatic heterocycles. The number of hydrogen-bond acceptors (Lipinski definition) is 3. The molecule has 1 atom stereocenters. The predicted octanol–water partition coefficient (Wildman–Crippen LogP) is 4.07. The summed E-state index contributed by atoms with van der Waals surface area (Å²) in [5.41, 5.74) is 4.51. The molecule has 3 heterocycles. The van der Waals surface area contributed by atoms with E-state index in [0.29, 0.717) is 6.04 Å². The molecule has 2 aromatic heterocycles. The van der Waals surface area contributed by atoms with Gasteiger partial charge in [0.15, 0.2) is 0 Å². The van der Waals surface area contributed by atoms with E-state index in [-0.39, 0.29) is 5.56 Å². The Labute approximate surface area is 163 Å². The van der Waals surface area contributed by atoms with E-state index < -0.39 is 0 Å². The van der Waals surface area contributed by atoms with Crippen molar-refractivity contribution in [2.24, 2.45) is 7.05 Å². The quantitative estimate of drug-likeness (QED) is 0.546. The Bertz CT molecular complexity index is 1190. The van der Waals surface area contributed by atoms with Crippen molar-refractivity contribution in [3.05, 3.63) is 89.0 Å². The predicted molar refractivity (Wildman–Crippen MR) is 112 cm³/mol. The number of aromatic nitrogens is 3. The standard InChI is InChI=1S/C23H22N4O/c1-25-16-20(10-12-23(25)28)27-22-11-9-19(14-18(22)15-24-27)26-13-5-8-21(26)17-6-3-2-4-7-17/h2-4,6-7,9-12,14-16,21H,5,8,13H2,1H3/t21-/m0/s1. The molecule has 5 heteroatoms. The van der Waals surface area contributed by atoms with Gasteiger partial charge in [0.05, 0.1) is 23.4 Å². The summed E-state index contributed by atoms with van der Waals surface area (Å²) in [7, 11) is 1.76. The molecule has 0 radical (unpaired) electrons. The van der Waals surface area contributed by atoms with Crippen LogP contribution in [0.1, 0.15) is 24.4 Å². The summed E-state index contributed by atoms with van der Waals surface area (Å²) in [6, 6.07) is 21.1. The fourth-order valence-electron chi connectivity index (χ4n) is 4.21. The highest BCUT2D eigenvalue weighted by molar-refractivity contribution is 5.84. The second-order valence-electron chi connectivity index (χ2n) is 7.40. The van der Waals surface area contributed by atoms with Crippen LogP contribution in [0.15, 0.2) is 77.9 Å². The summed E-state index contributed by atoms with van der Waals surface area (Å²) in [6.07, 6.45) is 6.10. The molecule has 5 nitrogen and oxygen atoms in total. The molecular formula is C23H22N4O. The van der Waals surface area contributed by atoms with Crippen LogP contribution in [0, 0.1) is 0 Å². The van der Waals surface area contributed by atoms with E-state index in [9.17, 15) is 4.79 Å². The summed E-state index contributed by atoms with van der Waals surface area (Å²) in [6.45, 7) is 1.07. The van der Waals surface area contributed by atoms with Gasteiger partial charge in [-0.1, -0.05) is 30.3 Å². The van der Waals surface area contributed by atoms with Gasteiger partial charge in [0.2, 0.25) is 5.56 Å². The van der Waals surface area contributed by atoms with E-state index in [1.54, 1.807) is 17.7 Å². The van der Waals surface area contributed by atoms with E-state index in [1.807, 2.05) is 23.1 Å². The Kier molecular flexibility index (Phi) is 4.01. The van der Waals surface area contributed by atoms with Gasteiger partial charge >= 0.3 is 0 Å². The lowest BCUT2D eigenvalue weighted by Gasteiger charge is -2.27. The highest BCUT2D eigenvalue weighted by Gasteiger charge is 2.26. The highest BCUT2D eigenvalue weighted by atomic mass is 16.1. The number of pyridine rings is 1. The Morgan fingerprint density at radius 3 is 2.64 bits per heavy atom. The van der Waals surface area contributed by atoms with Crippen LogP contribution in [-0.2, 0) is 7.05 Å². The maximum atomic E-state index is 11.7. The van der Waals surface area contributed by atoms with E-state index in [1.165, 1.54) is 24.1 Å². The third-order valence-electron chi connectivity index (χ3n) is 5.64. The van der Waals surface area contributed by atoms with Crippen molar-refractivity contribution in [3.63, 3.8) is 0 Å². The van der Waals surface area contributed by atoms with Crippen LogP contribution in [0.2, 0.25) is 0 Å². The van der Waals surface area contributed by atoms with Crippen molar-refractivity contribution >= 4 is 16.6 Å². The molecule has 0 unspecified atom stereocenters. The normalized spacial score (nSPS) is 16.8. The van der Waals surface area contributed by atoms with Gasteiger partial charge in [-0.15, -0.1) is 0 Å². The molecular weight excluding hydrogens is 348 g/mol. The summed E-state index contributed by atoms with van der Waals surface area (Å²) < 4.78 is 3.46. The SMILES string of the molecule is Cn1cc(-n2ncc3cc(N4CCC[C@H]4c4ccccc4)ccc32)ccc1=O. The Morgan fingerprint density at radius 2 is 1.82 bits per heavy atom. The number of fused-ring (bicyclic) bond motifs is 1. The van der Waals surface area contributed by atoms with E-state index in [2.05, 4.69) is 58.5 Å². The smallest absolute Gasteiger partial charge is 0.250 e. The van der Waals surface area contributed by atoms with Gasteiger partial charge in [0, 0.05) is 36.9 Å². The fourth-order valence-corrected chi connectivity index (χ4v) is 4.21. The number of aryl methyl sites for hydroxylation is 1. The first-order valence-corrected chi connectivity index (χ1v) is 9.67. The van der Waals surface area contributed by atoms with Crippen LogP contribution in [-0.4, -0.2) is 20.9 Å². The molecule has 1 fully saturated rings. The average molecular weight is 370 g/mol. The average Bonchev–Trinajstić information content (AvgIpc) is 3.37. The number of hydrogen-bond donors (Lipinski definition) is 0. The number of rotatable bonds is 3. The van der Waals surface area contributed by atoms with Gasteiger partial charge in [-0.3, -0.25) is 4.79 Å². The highest BCUT2D eigenvalue weighted by Crippen LogP contribution is 2.37. The first kappa shape index (κ1) is 16.8. The molecule has 0 spiro atoms.